The predicted octanol–water partition coefficient (Wildman–Crippen LogP) is 2.43. The van der Waals surface area contributed by atoms with E-state index in [1.54, 1.807) is 24.4 Å². The maximum Gasteiger partial charge on any atom is 0.331 e. The van der Waals surface area contributed by atoms with Crippen molar-refractivity contribution in [2.75, 3.05) is 0 Å². The third-order valence-electron chi connectivity index (χ3n) is 2.31. The molecule has 0 unspecified atom stereocenters. The van der Waals surface area contributed by atoms with E-state index in [2.05, 4.69) is 22.6 Å². The molecule has 6 heteroatoms. The summed E-state index contributed by atoms with van der Waals surface area (Å²) in [5.74, 6) is 0.0427. The van der Waals surface area contributed by atoms with Crippen molar-refractivity contribution in [1.82, 2.24) is 4.57 Å². The summed E-state index contributed by atoms with van der Waals surface area (Å²) < 4.78 is 7.62. The molecule has 0 saturated heterocycles. The molecular weight excluding hydrogens is 365 g/mol. The van der Waals surface area contributed by atoms with Gasteiger partial charge in [0.15, 0.2) is 0 Å². The van der Waals surface area contributed by atoms with Crippen LogP contribution in [-0.2, 0) is 11.3 Å². The van der Waals surface area contributed by atoms with Gasteiger partial charge in [-0.1, -0.05) is 11.3 Å². The third kappa shape index (κ3) is 3.20. The quantitative estimate of drug-likeness (QED) is 0.471. The van der Waals surface area contributed by atoms with Gasteiger partial charge in [-0.05, 0) is 53.8 Å². The molecule has 1 aromatic heterocycles. The van der Waals surface area contributed by atoms with Gasteiger partial charge in [0.1, 0.15) is 12.3 Å². The Labute approximate surface area is 121 Å². The second-order valence-electron chi connectivity index (χ2n) is 3.66. The van der Waals surface area contributed by atoms with Crippen molar-refractivity contribution in [2.24, 2.45) is 0 Å². The van der Waals surface area contributed by atoms with Gasteiger partial charge in [-0.15, -0.1) is 0 Å². The molecule has 0 bridgehead atoms. The summed E-state index contributed by atoms with van der Waals surface area (Å²) in [6, 6.07) is 7.15. The standard InChI is InChI=1S/C12H10INO3S/c1-8-7-18-12(16)14(8)6-11(15)17-10-4-2-9(13)3-5-10/h2-5,7H,6H2,1H3. The molecule has 0 aliphatic rings. The lowest BCUT2D eigenvalue weighted by atomic mass is 10.3. The number of hydrogen-bond acceptors (Lipinski definition) is 4. The predicted molar refractivity (Wildman–Crippen MR) is 78.1 cm³/mol. The summed E-state index contributed by atoms with van der Waals surface area (Å²) in [7, 11) is 0. The van der Waals surface area contributed by atoms with Crippen LogP contribution >= 0.6 is 33.9 Å². The number of benzene rings is 1. The summed E-state index contributed by atoms with van der Waals surface area (Å²) in [6.45, 7) is 1.73. The number of esters is 1. The molecule has 0 aliphatic heterocycles. The van der Waals surface area contributed by atoms with Crippen LogP contribution in [0.15, 0.2) is 34.4 Å². The fourth-order valence-corrected chi connectivity index (χ4v) is 2.49. The summed E-state index contributed by atoms with van der Waals surface area (Å²) in [4.78, 5) is 23.0. The number of nitrogens with zero attached hydrogens (tertiary/aromatic N) is 1. The number of hydrogen-bond donors (Lipinski definition) is 0. The molecule has 0 aliphatic carbocycles. The number of thiazole rings is 1. The van der Waals surface area contributed by atoms with Crippen LogP contribution in [-0.4, -0.2) is 10.5 Å². The highest BCUT2D eigenvalue weighted by Gasteiger charge is 2.10. The Hall–Kier alpha value is -1.15. The molecule has 0 N–H and O–H groups in total. The van der Waals surface area contributed by atoms with Crippen LogP contribution in [0.1, 0.15) is 5.69 Å². The lowest BCUT2D eigenvalue weighted by Gasteiger charge is -2.05. The second kappa shape index (κ2) is 5.66. The van der Waals surface area contributed by atoms with Gasteiger partial charge in [0.2, 0.25) is 0 Å². The SMILES string of the molecule is Cc1csc(=O)n1CC(=O)Oc1ccc(I)cc1. The van der Waals surface area contributed by atoms with Crippen molar-refractivity contribution in [3.05, 3.63) is 48.6 Å². The topological polar surface area (TPSA) is 48.3 Å². The van der Waals surface area contributed by atoms with Crippen LogP contribution in [0.2, 0.25) is 0 Å². The molecule has 1 aromatic carbocycles. The minimum absolute atomic E-state index is 0.0554. The van der Waals surface area contributed by atoms with Crippen LogP contribution in [0.3, 0.4) is 0 Å². The Morgan fingerprint density at radius 1 is 1.39 bits per heavy atom. The molecule has 2 aromatic rings. The van der Waals surface area contributed by atoms with E-state index in [-0.39, 0.29) is 11.4 Å². The first-order chi connectivity index (χ1) is 8.56. The number of ether oxygens (including phenoxy) is 1. The van der Waals surface area contributed by atoms with Crippen LogP contribution in [0, 0.1) is 10.5 Å². The minimum Gasteiger partial charge on any atom is -0.425 e. The van der Waals surface area contributed by atoms with Crippen LogP contribution in [0.5, 0.6) is 5.75 Å². The van der Waals surface area contributed by atoms with Crippen molar-refractivity contribution >= 4 is 39.9 Å². The van der Waals surface area contributed by atoms with Gasteiger partial charge in [0.25, 0.3) is 0 Å². The lowest BCUT2D eigenvalue weighted by molar-refractivity contribution is -0.135. The van der Waals surface area contributed by atoms with Gasteiger partial charge in [-0.25, -0.2) is 4.79 Å². The van der Waals surface area contributed by atoms with Gasteiger partial charge < -0.3 is 4.74 Å². The highest BCUT2D eigenvalue weighted by atomic mass is 127. The van der Waals surface area contributed by atoms with Crippen molar-refractivity contribution < 1.29 is 9.53 Å². The number of carbonyl (C=O) groups excluding carboxylic acids is 1. The third-order valence-corrected chi connectivity index (χ3v) is 3.91. The summed E-state index contributed by atoms with van der Waals surface area (Å²) in [6.07, 6.45) is 0. The van der Waals surface area contributed by atoms with Gasteiger partial charge >= 0.3 is 10.8 Å². The molecule has 2 rings (SSSR count). The zero-order valence-corrected chi connectivity index (χ0v) is 12.5. The molecule has 94 valence electrons. The second-order valence-corrected chi connectivity index (χ2v) is 5.72. The molecule has 0 spiro atoms. The molecule has 4 nitrogen and oxygen atoms in total. The van der Waals surface area contributed by atoms with E-state index in [0.29, 0.717) is 5.75 Å². The Kier molecular flexibility index (Phi) is 4.18. The maximum atomic E-state index is 11.7. The van der Waals surface area contributed by atoms with Gasteiger partial charge in [-0.2, -0.15) is 0 Å². The fraction of sp³-hybridized carbons (Fsp3) is 0.167. The first-order valence-corrected chi connectivity index (χ1v) is 7.13. The zero-order valence-electron chi connectivity index (χ0n) is 9.55. The summed E-state index contributed by atoms with van der Waals surface area (Å²) >= 11 is 3.25. The molecule has 0 atom stereocenters. The summed E-state index contributed by atoms with van der Waals surface area (Å²) in [5, 5.41) is 1.72. The van der Waals surface area contributed by atoms with Crippen molar-refractivity contribution in [2.45, 2.75) is 13.5 Å². The van der Waals surface area contributed by atoms with E-state index in [1.807, 2.05) is 12.1 Å². The van der Waals surface area contributed by atoms with Crippen LogP contribution in [0.25, 0.3) is 0 Å². The Bertz CT molecular complexity index is 615. The van der Waals surface area contributed by atoms with E-state index in [0.717, 1.165) is 20.6 Å². The number of halogens is 1. The molecular formula is C12H10INO3S. The molecule has 0 amide bonds. The largest absolute Gasteiger partial charge is 0.425 e. The Morgan fingerprint density at radius 3 is 2.61 bits per heavy atom. The maximum absolute atomic E-state index is 11.7. The smallest absolute Gasteiger partial charge is 0.331 e. The average Bonchev–Trinajstić information content (AvgIpc) is 2.64. The summed E-state index contributed by atoms with van der Waals surface area (Å²) in [5.41, 5.74) is 0.768. The lowest BCUT2D eigenvalue weighted by Crippen LogP contribution is -2.23. The van der Waals surface area contributed by atoms with Crippen molar-refractivity contribution in [3.8, 4) is 5.75 Å². The van der Waals surface area contributed by atoms with E-state index in [9.17, 15) is 9.59 Å². The van der Waals surface area contributed by atoms with Gasteiger partial charge in [-0.3, -0.25) is 9.36 Å². The average molecular weight is 375 g/mol. The molecule has 0 saturated carbocycles. The Morgan fingerprint density at radius 2 is 2.06 bits per heavy atom. The molecule has 1 heterocycles. The van der Waals surface area contributed by atoms with E-state index >= 15 is 0 Å². The highest BCUT2D eigenvalue weighted by Crippen LogP contribution is 2.13. The van der Waals surface area contributed by atoms with E-state index in [4.69, 9.17) is 4.74 Å². The fourth-order valence-electron chi connectivity index (χ4n) is 1.39. The molecule has 0 fully saturated rings. The van der Waals surface area contributed by atoms with Crippen molar-refractivity contribution in [1.29, 1.82) is 0 Å². The number of aryl methyl sites for hydroxylation is 1. The van der Waals surface area contributed by atoms with Crippen molar-refractivity contribution in [3.63, 3.8) is 0 Å². The van der Waals surface area contributed by atoms with Crippen LogP contribution < -0.4 is 9.61 Å². The minimum atomic E-state index is -0.445. The first-order valence-electron chi connectivity index (χ1n) is 5.17. The van der Waals surface area contributed by atoms with E-state index in [1.165, 1.54) is 4.57 Å². The Balaban J connectivity index is 2.05. The normalized spacial score (nSPS) is 10.3. The molecule has 0 radical (unpaired) electrons. The molecule has 18 heavy (non-hydrogen) atoms. The van der Waals surface area contributed by atoms with Gasteiger partial charge in [0, 0.05) is 14.6 Å². The van der Waals surface area contributed by atoms with E-state index < -0.39 is 5.97 Å². The van der Waals surface area contributed by atoms with Gasteiger partial charge in [0.05, 0.1) is 0 Å². The highest BCUT2D eigenvalue weighted by molar-refractivity contribution is 14.1. The zero-order chi connectivity index (χ0) is 13.1. The number of aromatic nitrogens is 1. The van der Waals surface area contributed by atoms with Crippen LogP contribution in [0.4, 0.5) is 0 Å². The number of rotatable bonds is 3. The monoisotopic (exact) mass is 375 g/mol. The number of carbonyl (C=O) groups is 1. The first kappa shape index (κ1) is 13.3.